The van der Waals surface area contributed by atoms with E-state index in [2.05, 4.69) is 20.3 Å². The maximum atomic E-state index is 13.3. The molecular weight excluding hydrogens is 501 g/mol. The molecule has 4 aromatic rings. The quantitative estimate of drug-likeness (QED) is 0.339. The number of amides is 2. The number of carbonyl (C=O) groups excluding carboxylic acids is 1. The van der Waals surface area contributed by atoms with Gasteiger partial charge in [0.2, 0.25) is 0 Å². The molecule has 1 aromatic carbocycles. The van der Waals surface area contributed by atoms with Gasteiger partial charge in [-0.25, -0.2) is 24.1 Å². The fourth-order valence-corrected chi connectivity index (χ4v) is 2.96. The number of nitrogens with zero attached hydrogens (tertiary/aromatic N) is 4. The van der Waals surface area contributed by atoms with Gasteiger partial charge in [0.25, 0.3) is 0 Å². The largest absolute Gasteiger partial charge is 0.405 e. The van der Waals surface area contributed by atoms with E-state index in [9.17, 15) is 22.4 Å². The van der Waals surface area contributed by atoms with Crippen molar-refractivity contribution < 1.29 is 22.4 Å². The van der Waals surface area contributed by atoms with Crippen LogP contribution in [0.15, 0.2) is 55.0 Å². The fraction of sp³-hybridized carbons (Fsp3) is 0.100. The van der Waals surface area contributed by atoms with Crippen LogP contribution in [0.25, 0.3) is 28.3 Å². The van der Waals surface area contributed by atoms with E-state index >= 15 is 0 Å². The zero-order valence-corrected chi connectivity index (χ0v) is 18.6. The Balaban J connectivity index is 0.00000204. The average Bonchev–Trinajstić information content (AvgIpc) is 3.17. The molecule has 0 aliphatic carbocycles. The van der Waals surface area contributed by atoms with Gasteiger partial charge in [-0.15, -0.1) is 24.8 Å². The average molecular weight is 518 g/mol. The van der Waals surface area contributed by atoms with E-state index in [4.69, 9.17) is 5.73 Å². The highest BCUT2D eigenvalue weighted by atomic mass is 35.5. The van der Waals surface area contributed by atoms with Gasteiger partial charge in [0, 0.05) is 23.0 Å². The molecule has 4 N–H and O–H groups in total. The van der Waals surface area contributed by atoms with Gasteiger partial charge >= 0.3 is 12.2 Å². The van der Waals surface area contributed by atoms with E-state index in [0.717, 1.165) is 6.20 Å². The summed E-state index contributed by atoms with van der Waals surface area (Å²) in [5.41, 5.74) is 8.28. The summed E-state index contributed by atoms with van der Waals surface area (Å²) < 4.78 is 51.8. The highest BCUT2D eigenvalue weighted by molar-refractivity contribution is 5.90. The molecule has 180 valence electrons. The summed E-state index contributed by atoms with van der Waals surface area (Å²) in [7, 11) is 0. The Hall–Kier alpha value is -3.64. The Bertz CT molecular complexity index is 1310. The molecule has 8 nitrogen and oxygen atoms in total. The van der Waals surface area contributed by atoms with Crippen LogP contribution in [0.4, 0.5) is 33.9 Å². The molecule has 0 spiro atoms. The highest BCUT2D eigenvalue weighted by Crippen LogP contribution is 2.26. The van der Waals surface area contributed by atoms with Crippen LogP contribution in [0.2, 0.25) is 0 Å². The molecule has 4 rings (SSSR count). The third-order valence-corrected chi connectivity index (χ3v) is 4.41. The van der Waals surface area contributed by atoms with Crippen LogP contribution < -0.4 is 16.4 Å². The number of nitrogens with one attached hydrogen (secondary N) is 2. The number of urea groups is 1. The van der Waals surface area contributed by atoms with Gasteiger partial charge < -0.3 is 16.4 Å². The van der Waals surface area contributed by atoms with Gasteiger partial charge in [0.05, 0.1) is 18.1 Å². The topological polar surface area (TPSA) is 110 Å². The molecule has 0 aliphatic heterocycles. The summed E-state index contributed by atoms with van der Waals surface area (Å²) >= 11 is 0. The van der Waals surface area contributed by atoms with Crippen LogP contribution >= 0.6 is 24.8 Å². The highest BCUT2D eigenvalue weighted by Gasteiger charge is 2.27. The number of imidazole rings is 1. The zero-order chi connectivity index (χ0) is 22.9. The molecule has 0 atom stereocenters. The van der Waals surface area contributed by atoms with Crippen molar-refractivity contribution in [2.45, 2.75) is 6.18 Å². The monoisotopic (exact) mass is 517 g/mol. The fourth-order valence-electron chi connectivity index (χ4n) is 2.96. The predicted octanol–water partition coefficient (Wildman–Crippen LogP) is 4.71. The van der Waals surface area contributed by atoms with Gasteiger partial charge in [-0.2, -0.15) is 13.2 Å². The molecule has 0 saturated heterocycles. The first-order valence-electron chi connectivity index (χ1n) is 9.17. The summed E-state index contributed by atoms with van der Waals surface area (Å²) in [4.78, 5) is 23.9. The van der Waals surface area contributed by atoms with Crippen molar-refractivity contribution in [3.8, 4) is 22.6 Å². The molecule has 0 radical (unpaired) electrons. The minimum atomic E-state index is -4.50. The number of fused-ring (bicyclic) bond motifs is 1. The van der Waals surface area contributed by atoms with E-state index in [1.54, 1.807) is 58.5 Å². The van der Waals surface area contributed by atoms with Gasteiger partial charge in [-0.1, -0.05) is 12.1 Å². The Morgan fingerprint density at radius 2 is 1.82 bits per heavy atom. The van der Waals surface area contributed by atoms with Crippen LogP contribution in [-0.2, 0) is 0 Å². The SMILES string of the molecule is Cl.Cl.Nc1nc(-c2ccn3c(-c4cccc(NC(=O)NCC(F)(F)F)c4)cnc3c2)ncc1F. The lowest BCUT2D eigenvalue weighted by Crippen LogP contribution is -2.36. The second-order valence-electron chi connectivity index (χ2n) is 6.72. The van der Waals surface area contributed by atoms with Gasteiger partial charge in [0.1, 0.15) is 12.2 Å². The smallest absolute Gasteiger partial charge is 0.381 e. The molecule has 34 heavy (non-hydrogen) atoms. The summed E-state index contributed by atoms with van der Waals surface area (Å²) in [6, 6.07) is 9.00. The minimum Gasteiger partial charge on any atom is -0.381 e. The Morgan fingerprint density at radius 3 is 2.53 bits per heavy atom. The second-order valence-corrected chi connectivity index (χ2v) is 6.72. The maximum Gasteiger partial charge on any atom is 0.405 e. The van der Waals surface area contributed by atoms with Crippen LogP contribution in [0.5, 0.6) is 0 Å². The van der Waals surface area contributed by atoms with Crippen molar-refractivity contribution in [3.05, 3.63) is 60.8 Å². The number of pyridine rings is 1. The second kappa shape index (κ2) is 10.5. The Morgan fingerprint density at radius 1 is 1.06 bits per heavy atom. The molecule has 0 fully saturated rings. The van der Waals surface area contributed by atoms with Crippen molar-refractivity contribution >= 4 is 48.0 Å². The van der Waals surface area contributed by atoms with E-state index in [0.29, 0.717) is 28.2 Å². The first-order chi connectivity index (χ1) is 15.2. The van der Waals surface area contributed by atoms with Crippen molar-refractivity contribution in [1.82, 2.24) is 24.7 Å². The van der Waals surface area contributed by atoms with E-state index in [-0.39, 0.29) is 36.5 Å². The maximum absolute atomic E-state index is 13.3. The molecular formula is C20H17Cl2F4N7O. The molecule has 0 aliphatic rings. The number of nitrogen functional groups attached to an aromatic ring is 1. The Kier molecular flexibility index (Phi) is 8.24. The number of rotatable bonds is 4. The van der Waals surface area contributed by atoms with Crippen molar-refractivity contribution in [3.63, 3.8) is 0 Å². The van der Waals surface area contributed by atoms with Crippen LogP contribution in [0, 0.1) is 5.82 Å². The third kappa shape index (κ3) is 6.02. The molecule has 2 amide bonds. The first-order valence-corrected chi connectivity index (χ1v) is 9.17. The number of aromatic nitrogens is 4. The predicted molar refractivity (Wildman–Crippen MR) is 124 cm³/mol. The lowest BCUT2D eigenvalue weighted by Gasteiger charge is -2.11. The van der Waals surface area contributed by atoms with Crippen molar-refractivity contribution in [1.29, 1.82) is 0 Å². The molecule has 0 saturated carbocycles. The molecule has 0 bridgehead atoms. The summed E-state index contributed by atoms with van der Waals surface area (Å²) in [6.45, 7) is -1.43. The number of carbonyl (C=O) groups is 1. The van der Waals surface area contributed by atoms with Crippen LogP contribution in [0.1, 0.15) is 0 Å². The van der Waals surface area contributed by atoms with Crippen molar-refractivity contribution in [2.75, 3.05) is 17.6 Å². The number of hydrogen-bond donors (Lipinski definition) is 3. The standard InChI is InChI=1S/C20H15F4N7O.2ClH/c21-14-8-27-18(30-17(14)25)12-4-5-31-15(9-26-16(31)7-12)11-2-1-3-13(6-11)29-19(32)28-10-20(22,23)24;;/h1-9H,10H2,(H2,25,27,30)(H2,28,29,32);2*1H. The number of halogens is 6. The van der Waals surface area contributed by atoms with Gasteiger partial charge in [-0.3, -0.25) is 4.40 Å². The first kappa shape index (κ1) is 26.6. The van der Waals surface area contributed by atoms with E-state index < -0.39 is 24.6 Å². The van der Waals surface area contributed by atoms with E-state index in [1.807, 2.05) is 0 Å². The van der Waals surface area contributed by atoms with Gasteiger partial charge in [0.15, 0.2) is 17.5 Å². The zero-order valence-electron chi connectivity index (χ0n) is 17.0. The van der Waals surface area contributed by atoms with Crippen LogP contribution in [-0.4, -0.2) is 38.1 Å². The van der Waals surface area contributed by atoms with Crippen molar-refractivity contribution in [2.24, 2.45) is 0 Å². The number of anilines is 2. The number of alkyl halides is 3. The molecule has 3 aromatic heterocycles. The molecule has 14 heteroatoms. The minimum absolute atomic E-state index is 0. The normalized spacial score (nSPS) is 10.8. The Labute approximate surface area is 202 Å². The molecule has 0 unspecified atom stereocenters. The summed E-state index contributed by atoms with van der Waals surface area (Å²) in [5.74, 6) is -0.729. The number of benzene rings is 1. The number of hydrogen-bond acceptors (Lipinski definition) is 5. The van der Waals surface area contributed by atoms with Gasteiger partial charge in [-0.05, 0) is 24.3 Å². The third-order valence-electron chi connectivity index (χ3n) is 4.41. The van der Waals surface area contributed by atoms with Crippen LogP contribution in [0.3, 0.4) is 0 Å². The number of nitrogens with two attached hydrogens (primary N) is 1. The lowest BCUT2D eigenvalue weighted by molar-refractivity contribution is -0.122. The molecule has 3 heterocycles. The summed E-state index contributed by atoms with van der Waals surface area (Å²) in [6.07, 6.45) is -0.199. The van der Waals surface area contributed by atoms with E-state index in [1.165, 1.54) is 0 Å². The summed E-state index contributed by atoms with van der Waals surface area (Å²) in [5, 5.41) is 4.11. The lowest BCUT2D eigenvalue weighted by atomic mass is 10.1.